The minimum Gasteiger partial charge on any atom is -0.388 e. The Kier molecular flexibility index (Phi) is 4.17. The summed E-state index contributed by atoms with van der Waals surface area (Å²) < 4.78 is 4.98. The third-order valence-corrected chi connectivity index (χ3v) is 4.31. The average Bonchev–Trinajstić information content (AvgIpc) is 3.15. The number of hydrogen-bond acceptors (Lipinski definition) is 5. The van der Waals surface area contributed by atoms with Crippen LogP contribution in [-0.2, 0) is 0 Å². The number of hydrogen-bond donors (Lipinski definition) is 1. The van der Waals surface area contributed by atoms with Gasteiger partial charge in [-0.2, -0.15) is 4.98 Å². The normalized spacial score (nSPS) is 16.5. The van der Waals surface area contributed by atoms with Gasteiger partial charge in [0, 0.05) is 31.6 Å². The first kappa shape index (κ1) is 15.7. The molecule has 1 aliphatic rings. The minimum atomic E-state index is -0.743. The minimum absolute atomic E-state index is 0.118. The molecule has 2 aromatic rings. The molecule has 0 spiro atoms. The number of amides is 1. The molecule has 122 valence electrons. The number of carbonyl (C=O) groups is 1. The fraction of sp³-hybridized carbons (Fsp3) is 0.471. The Bertz CT molecular complexity index is 705. The molecule has 0 aliphatic heterocycles. The first-order valence-electron chi connectivity index (χ1n) is 7.85. The van der Waals surface area contributed by atoms with Gasteiger partial charge >= 0.3 is 0 Å². The van der Waals surface area contributed by atoms with E-state index in [0.29, 0.717) is 23.8 Å². The predicted octanol–water partition coefficient (Wildman–Crippen LogP) is 2.42. The van der Waals surface area contributed by atoms with Crippen LogP contribution in [0.4, 0.5) is 0 Å². The second-order valence-electron chi connectivity index (χ2n) is 6.31. The molecule has 1 amide bonds. The van der Waals surface area contributed by atoms with Crippen molar-refractivity contribution in [2.45, 2.75) is 38.2 Å². The smallest absolute Gasteiger partial charge is 0.253 e. The second kappa shape index (κ2) is 6.12. The quantitative estimate of drug-likeness (QED) is 0.937. The van der Waals surface area contributed by atoms with E-state index >= 15 is 0 Å². The van der Waals surface area contributed by atoms with Crippen LogP contribution in [0.2, 0.25) is 0 Å². The Morgan fingerprint density at radius 2 is 2.13 bits per heavy atom. The number of carbonyl (C=O) groups excluding carboxylic acids is 1. The Balaban J connectivity index is 1.76. The van der Waals surface area contributed by atoms with E-state index in [1.165, 1.54) is 0 Å². The summed E-state index contributed by atoms with van der Waals surface area (Å²) in [6, 6.07) is 7.15. The molecule has 1 fully saturated rings. The zero-order valence-electron chi connectivity index (χ0n) is 13.5. The van der Waals surface area contributed by atoms with Gasteiger partial charge in [0.05, 0.1) is 5.60 Å². The number of aromatic nitrogens is 2. The lowest BCUT2D eigenvalue weighted by Crippen LogP contribution is -2.42. The highest BCUT2D eigenvalue weighted by Gasteiger charge is 2.33. The summed E-state index contributed by atoms with van der Waals surface area (Å²) in [6.07, 6.45) is 3.55. The Morgan fingerprint density at radius 3 is 2.78 bits per heavy atom. The molecule has 1 aromatic heterocycles. The highest BCUT2D eigenvalue weighted by atomic mass is 16.5. The molecular weight excluding hydrogens is 294 g/mol. The number of rotatable bonds is 4. The molecule has 3 rings (SSSR count). The molecular formula is C17H21N3O3. The van der Waals surface area contributed by atoms with Gasteiger partial charge in [0.25, 0.3) is 5.91 Å². The summed E-state index contributed by atoms with van der Waals surface area (Å²) in [5, 5.41) is 14.3. The maximum Gasteiger partial charge on any atom is 0.253 e. The van der Waals surface area contributed by atoms with Crippen LogP contribution in [0.5, 0.6) is 0 Å². The maximum atomic E-state index is 12.6. The van der Waals surface area contributed by atoms with Crippen LogP contribution in [0.25, 0.3) is 11.4 Å². The van der Waals surface area contributed by atoms with Gasteiger partial charge in [-0.25, -0.2) is 0 Å². The summed E-state index contributed by atoms with van der Waals surface area (Å²) in [4.78, 5) is 18.4. The average molecular weight is 315 g/mol. The van der Waals surface area contributed by atoms with E-state index in [0.717, 1.165) is 31.2 Å². The first-order chi connectivity index (χ1) is 11.0. The molecule has 1 aromatic carbocycles. The summed E-state index contributed by atoms with van der Waals surface area (Å²) in [6.45, 7) is 2.08. The van der Waals surface area contributed by atoms with Crippen molar-refractivity contribution < 1.29 is 14.4 Å². The van der Waals surface area contributed by atoms with Crippen molar-refractivity contribution in [2.75, 3.05) is 13.6 Å². The van der Waals surface area contributed by atoms with E-state index in [1.807, 2.05) is 6.07 Å². The van der Waals surface area contributed by atoms with Gasteiger partial charge < -0.3 is 14.5 Å². The topological polar surface area (TPSA) is 79.5 Å². The van der Waals surface area contributed by atoms with Crippen LogP contribution in [0.1, 0.15) is 41.9 Å². The van der Waals surface area contributed by atoms with Crippen LogP contribution in [0, 0.1) is 6.92 Å². The monoisotopic (exact) mass is 315 g/mol. The Hall–Kier alpha value is -2.21. The van der Waals surface area contributed by atoms with E-state index in [-0.39, 0.29) is 5.91 Å². The predicted molar refractivity (Wildman–Crippen MR) is 84.8 cm³/mol. The zero-order valence-corrected chi connectivity index (χ0v) is 13.5. The highest BCUT2D eigenvalue weighted by Crippen LogP contribution is 2.30. The third kappa shape index (κ3) is 3.42. The third-order valence-electron chi connectivity index (χ3n) is 4.31. The van der Waals surface area contributed by atoms with Gasteiger partial charge in [-0.15, -0.1) is 0 Å². The first-order valence-corrected chi connectivity index (χ1v) is 7.85. The molecule has 0 unspecified atom stereocenters. The molecule has 6 nitrogen and oxygen atoms in total. The highest BCUT2D eigenvalue weighted by molar-refractivity contribution is 5.95. The van der Waals surface area contributed by atoms with Gasteiger partial charge in [0.15, 0.2) is 0 Å². The van der Waals surface area contributed by atoms with Crippen LogP contribution < -0.4 is 0 Å². The van der Waals surface area contributed by atoms with E-state index < -0.39 is 5.60 Å². The number of benzene rings is 1. The molecule has 0 atom stereocenters. The van der Waals surface area contributed by atoms with E-state index in [4.69, 9.17) is 4.52 Å². The largest absolute Gasteiger partial charge is 0.388 e. The van der Waals surface area contributed by atoms with Crippen molar-refractivity contribution in [2.24, 2.45) is 0 Å². The van der Waals surface area contributed by atoms with Crippen molar-refractivity contribution >= 4 is 5.91 Å². The standard InChI is InChI=1S/C17H21N3O3/c1-12-18-15(19-23-12)13-6-5-7-14(10-13)16(21)20(2)11-17(22)8-3-4-9-17/h5-7,10,22H,3-4,8-9,11H2,1-2H3. The molecule has 1 saturated carbocycles. The molecule has 0 saturated heterocycles. The lowest BCUT2D eigenvalue weighted by Gasteiger charge is -2.28. The zero-order chi connectivity index (χ0) is 16.4. The van der Waals surface area contributed by atoms with Gasteiger partial charge in [0.1, 0.15) is 0 Å². The van der Waals surface area contributed by atoms with Gasteiger partial charge in [-0.1, -0.05) is 30.1 Å². The maximum absolute atomic E-state index is 12.6. The van der Waals surface area contributed by atoms with Crippen LogP contribution in [0.15, 0.2) is 28.8 Å². The van der Waals surface area contributed by atoms with Crippen molar-refractivity contribution in [3.8, 4) is 11.4 Å². The Morgan fingerprint density at radius 1 is 1.39 bits per heavy atom. The lowest BCUT2D eigenvalue weighted by atomic mass is 10.0. The van der Waals surface area contributed by atoms with Crippen molar-refractivity contribution in [3.63, 3.8) is 0 Å². The number of nitrogens with zero attached hydrogens (tertiary/aromatic N) is 3. The molecule has 23 heavy (non-hydrogen) atoms. The fourth-order valence-corrected chi connectivity index (χ4v) is 3.13. The summed E-state index contributed by atoms with van der Waals surface area (Å²) >= 11 is 0. The lowest BCUT2D eigenvalue weighted by molar-refractivity contribution is 0.0157. The fourth-order valence-electron chi connectivity index (χ4n) is 3.13. The number of aryl methyl sites for hydroxylation is 1. The van der Waals surface area contributed by atoms with Crippen LogP contribution in [-0.4, -0.2) is 45.2 Å². The Labute approximate surface area is 135 Å². The van der Waals surface area contributed by atoms with Gasteiger partial charge in [-0.3, -0.25) is 4.79 Å². The molecule has 1 N–H and O–H groups in total. The van der Waals surface area contributed by atoms with E-state index in [9.17, 15) is 9.90 Å². The summed E-state index contributed by atoms with van der Waals surface area (Å²) in [7, 11) is 1.73. The molecule has 6 heteroatoms. The van der Waals surface area contributed by atoms with E-state index in [1.54, 1.807) is 37.1 Å². The summed E-state index contributed by atoms with van der Waals surface area (Å²) in [5.74, 6) is 0.832. The van der Waals surface area contributed by atoms with Gasteiger partial charge in [-0.05, 0) is 25.0 Å². The SMILES string of the molecule is Cc1nc(-c2cccc(C(=O)N(C)CC3(O)CCCC3)c2)no1. The molecule has 0 radical (unpaired) electrons. The number of likely N-dealkylation sites (N-methyl/N-ethyl adjacent to an activating group) is 1. The molecule has 1 heterocycles. The van der Waals surface area contributed by atoms with Crippen LogP contribution in [0.3, 0.4) is 0 Å². The van der Waals surface area contributed by atoms with Crippen molar-refractivity contribution in [1.29, 1.82) is 0 Å². The van der Waals surface area contributed by atoms with Crippen LogP contribution >= 0.6 is 0 Å². The molecule has 1 aliphatic carbocycles. The molecule has 0 bridgehead atoms. The van der Waals surface area contributed by atoms with Crippen molar-refractivity contribution in [3.05, 3.63) is 35.7 Å². The van der Waals surface area contributed by atoms with Crippen molar-refractivity contribution in [1.82, 2.24) is 15.0 Å². The van der Waals surface area contributed by atoms with Gasteiger partial charge in [0.2, 0.25) is 11.7 Å². The van der Waals surface area contributed by atoms with E-state index in [2.05, 4.69) is 10.1 Å². The number of aliphatic hydroxyl groups is 1. The second-order valence-corrected chi connectivity index (χ2v) is 6.31. The summed E-state index contributed by atoms with van der Waals surface area (Å²) in [5.41, 5.74) is 0.544.